The molecule has 0 aromatic heterocycles. The van der Waals surface area contributed by atoms with Crippen LogP contribution in [0.15, 0.2) is 23.1 Å². The summed E-state index contributed by atoms with van der Waals surface area (Å²) in [7, 11) is -3.66. The minimum Gasteiger partial charge on any atom is -0.392 e. The first-order valence-corrected chi connectivity index (χ1v) is 10.1. The van der Waals surface area contributed by atoms with Crippen molar-refractivity contribution in [1.82, 2.24) is 4.72 Å². The predicted octanol–water partition coefficient (Wildman–Crippen LogP) is 2.78. The minimum atomic E-state index is -3.66. The number of aliphatic hydroxyl groups excluding tert-OH is 1. The molecule has 4 nitrogen and oxygen atoms in total. The maximum atomic E-state index is 12.5. The van der Waals surface area contributed by atoms with E-state index < -0.39 is 10.0 Å². The van der Waals surface area contributed by atoms with Gasteiger partial charge in [-0.15, -0.1) is 0 Å². The van der Waals surface area contributed by atoms with Gasteiger partial charge in [-0.25, -0.2) is 13.1 Å². The average molecular weight is 350 g/mol. The summed E-state index contributed by atoms with van der Waals surface area (Å²) in [6, 6.07) is 4.51. The fourth-order valence-corrected chi connectivity index (χ4v) is 5.26. The maximum Gasteiger partial charge on any atom is 0.242 e. The van der Waals surface area contributed by atoms with Gasteiger partial charge in [0.05, 0.1) is 11.6 Å². The van der Waals surface area contributed by atoms with Gasteiger partial charge in [-0.05, 0) is 43.2 Å². The highest BCUT2D eigenvalue weighted by atomic mass is 35.5. The second-order valence-corrected chi connectivity index (χ2v) is 8.49. The molecule has 0 radical (unpaired) electrons. The van der Waals surface area contributed by atoms with Crippen molar-refractivity contribution >= 4 is 33.4 Å². The number of benzene rings is 1. The lowest BCUT2D eigenvalue weighted by atomic mass is 9.96. The molecule has 2 atom stereocenters. The van der Waals surface area contributed by atoms with Crippen LogP contribution in [0.5, 0.6) is 0 Å². The van der Waals surface area contributed by atoms with E-state index in [1.807, 2.05) is 0 Å². The Kier molecular flexibility index (Phi) is 5.96. The molecule has 1 fully saturated rings. The molecule has 0 bridgehead atoms. The Labute approximate surface area is 135 Å². The van der Waals surface area contributed by atoms with Crippen LogP contribution in [0.4, 0.5) is 0 Å². The van der Waals surface area contributed by atoms with Gasteiger partial charge in [0.15, 0.2) is 0 Å². The molecule has 0 aliphatic heterocycles. The summed E-state index contributed by atoms with van der Waals surface area (Å²) >= 11 is 7.79. The Morgan fingerprint density at radius 2 is 2.19 bits per heavy atom. The van der Waals surface area contributed by atoms with E-state index in [1.165, 1.54) is 12.1 Å². The van der Waals surface area contributed by atoms with Crippen molar-refractivity contribution in [3.63, 3.8) is 0 Å². The van der Waals surface area contributed by atoms with Crippen LogP contribution in [-0.4, -0.2) is 31.1 Å². The van der Waals surface area contributed by atoms with Gasteiger partial charge in [0, 0.05) is 11.3 Å². The predicted molar refractivity (Wildman–Crippen MR) is 87.3 cm³/mol. The van der Waals surface area contributed by atoms with E-state index in [1.54, 1.807) is 17.8 Å². The molecule has 7 heteroatoms. The Morgan fingerprint density at radius 3 is 2.86 bits per heavy atom. The highest BCUT2D eigenvalue weighted by Crippen LogP contribution is 2.29. The van der Waals surface area contributed by atoms with E-state index in [-0.39, 0.29) is 22.6 Å². The lowest BCUT2D eigenvalue weighted by Gasteiger charge is -2.28. The Bertz CT molecular complexity index is 592. The van der Waals surface area contributed by atoms with Crippen molar-refractivity contribution in [2.75, 3.05) is 6.26 Å². The maximum absolute atomic E-state index is 12.5. The SMILES string of the molecule is CSC1CCCC(NS(=O)(=O)c2cc(CO)ccc2Cl)C1. The molecule has 1 aromatic rings. The van der Waals surface area contributed by atoms with Crippen molar-refractivity contribution in [1.29, 1.82) is 0 Å². The minimum absolute atomic E-state index is 0.0435. The Morgan fingerprint density at radius 1 is 1.43 bits per heavy atom. The second-order valence-electron chi connectivity index (χ2n) is 5.27. The zero-order valence-electron chi connectivity index (χ0n) is 11.9. The van der Waals surface area contributed by atoms with Gasteiger partial charge in [0.1, 0.15) is 4.90 Å². The summed E-state index contributed by atoms with van der Waals surface area (Å²) in [6.07, 6.45) is 5.93. The molecule has 0 amide bonds. The molecule has 0 saturated heterocycles. The molecule has 1 aliphatic rings. The Hall–Kier alpha value is -0.270. The van der Waals surface area contributed by atoms with Crippen molar-refractivity contribution in [3.05, 3.63) is 28.8 Å². The third-order valence-electron chi connectivity index (χ3n) is 3.75. The summed E-state index contributed by atoms with van der Waals surface area (Å²) in [5, 5.41) is 9.83. The van der Waals surface area contributed by atoms with Crippen LogP contribution in [0.1, 0.15) is 31.2 Å². The summed E-state index contributed by atoms with van der Waals surface area (Å²) < 4.78 is 27.8. The third kappa shape index (κ3) is 4.36. The molecule has 2 N–H and O–H groups in total. The molecule has 1 saturated carbocycles. The largest absolute Gasteiger partial charge is 0.392 e. The molecule has 2 unspecified atom stereocenters. The summed E-state index contributed by atoms with van der Waals surface area (Å²) in [4.78, 5) is 0.0435. The third-order valence-corrected chi connectivity index (χ3v) is 6.85. The van der Waals surface area contributed by atoms with Crippen LogP contribution >= 0.6 is 23.4 Å². The smallest absolute Gasteiger partial charge is 0.242 e. The molecule has 2 rings (SSSR count). The molecule has 1 aliphatic carbocycles. The van der Waals surface area contributed by atoms with Crippen LogP contribution < -0.4 is 4.72 Å². The number of hydrogen-bond acceptors (Lipinski definition) is 4. The van der Waals surface area contributed by atoms with Crippen LogP contribution in [-0.2, 0) is 16.6 Å². The lowest BCUT2D eigenvalue weighted by molar-refractivity contribution is 0.281. The molecule has 1 aromatic carbocycles. The number of rotatable bonds is 5. The number of sulfonamides is 1. The number of halogens is 1. The number of hydrogen-bond donors (Lipinski definition) is 2. The van der Waals surface area contributed by atoms with Gasteiger partial charge in [0.25, 0.3) is 0 Å². The van der Waals surface area contributed by atoms with Gasteiger partial charge in [0.2, 0.25) is 10.0 Å². The molecule has 118 valence electrons. The molecule has 0 spiro atoms. The standard InChI is InChI=1S/C14H20ClNO3S2/c1-20-12-4-2-3-11(8-12)16-21(18,19)14-7-10(9-17)5-6-13(14)15/h5-7,11-12,16-17H,2-4,8-9H2,1H3. The number of nitrogens with one attached hydrogen (secondary N) is 1. The van der Waals surface area contributed by atoms with Crippen LogP contribution in [0, 0.1) is 0 Å². The lowest BCUT2D eigenvalue weighted by Crippen LogP contribution is -2.39. The van der Waals surface area contributed by atoms with E-state index in [0.29, 0.717) is 10.8 Å². The van der Waals surface area contributed by atoms with Gasteiger partial charge >= 0.3 is 0 Å². The van der Waals surface area contributed by atoms with Crippen LogP contribution in [0.2, 0.25) is 5.02 Å². The normalized spacial score (nSPS) is 23.2. The van der Waals surface area contributed by atoms with Crippen LogP contribution in [0.3, 0.4) is 0 Å². The average Bonchev–Trinajstić information content (AvgIpc) is 2.47. The first kappa shape index (κ1) is 17.1. The molecule has 0 heterocycles. The quantitative estimate of drug-likeness (QED) is 0.857. The monoisotopic (exact) mass is 349 g/mol. The number of thioether (sulfide) groups is 1. The highest BCUT2D eigenvalue weighted by molar-refractivity contribution is 7.99. The van der Waals surface area contributed by atoms with E-state index in [2.05, 4.69) is 11.0 Å². The van der Waals surface area contributed by atoms with E-state index in [0.717, 1.165) is 25.7 Å². The van der Waals surface area contributed by atoms with E-state index in [4.69, 9.17) is 16.7 Å². The fraction of sp³-hybridized carbons (Fsp3) is 0.571. The molecular formula is C14H20ClNO3S2. The molecular weight excluding hydrogens is 330 g/mol. The van der Waals surface area contributed by atoms with E-state index in [9.17, 15) is 8.42 Å². The molecule has 21 heavy (non-hydrogen) atoms. The van der Waals surface area contributed by atoms with Crippen molar-refractivity contribution in [2.45, 2.75) is 48.5 Å². The summed E-state index contributed by atoms with van der Waals surface area (Å²) in [6.45, 7) is -0.211. The topological polar surface area (TPSA) is 66.4 Å². The Balaban J connectivity index is 2.18. The number of aliphatic hydroxyl groups is 1. The van der Waals surface area contributed by atoms with Crippen molar-refractivity contribution in [3.8, 4) is 0 Å². The summed E-state index contributed by atoms with van der Waals surface area (Å²) in [5.41, 5.74) is 0.533. The van der Waals surface area contributed by atoms with Gasteiger partial charge in [-0.1, -0.05) is 24.1 Å². The highest BCUT2D eigenvalue weighted by Gasteiger charge is 2.27. The zero-order chi connectivity index (χ0) is 15.5. The van der Waals surface area contributed by atoms with Crippen molar-refractivity contribution < 1.29 is 13.5 Å². The first-order valence-electron chi connectivity index (χ1n) is 6.90. The fourth-order valence-electron chi connectivity index (χ4n) is 2.60. The van der Waals surface area contributed by atoms with Gasteiger partial charge in [-0.2, -0.15) is 11.8 Å². The summed E-state index contributed by atoms with van der Waals surface area (Å²) in [5.74, 6) is 0. The van der Waals surface area contributed by atoms with Crippen molar-refractivity contribution in [2.24, 2.45) is 0 Å². The second kappa shape index (κ2) is 7.33. The van der Waals surface area contributed by atoms with Crippen LogP contribution in [0.25, 0.3) is 0 Å². The van der Waals surface area contributed by atoms with E-state index >= 15 is 0 Å². The first-order chi connectivity index (χ1) is 9.96. The van der Waals surface area contributed by atoms with Gasteiger partial charge < -0.3 is 5.11 Å². The van der Waals surface area contributed by atoms with Gasteiger partial charge in [-0.3, -0.25) is 0 Å². The zero-order valence-corrected chi connectivity index (χ0v) is 14.3.